The van der Waals surface area contributed by atoms with Gasteiger partial charge < -0.3 is 5.32 Å². The average Bonchev–Trinajstić information content (AvgIpc) is 2.49. The van der Waals surface area contributed by atoms with Crippen LogP contribution in [0.25, 0.3) is 6.08 Å². The number of aryl methyl sites for hydroxylation is 2. The Morgan fingerprint density at radius 1 is 1.09 bits per heavy atom. The SMILES string of the molecule is Cc1ccc(NC(=S)NC(=O)C=Cc2ccccc2)c(C)c1. The van der Waals surface area contributed by atoms with Gasteiger partial charge in [0.2, 0.25) is 5.91 Å². The molecule has 0 radical (unpaired) electrons. The van der Waals surface area contributed by atoms with Crippen LogP contribution in [-0.2, 0) is 4.79 Å². The van der Waals surface area contributed by atoms with Gasteiger partial charge in [-0.3, -0.25) is 10.1 Å². The molecule has 2 aromatic carbocycles. The van der Waals surface area contributed by atoms with Crippen LogP contribution in [0.5, 0.6) is 0 Å². The number of anilines is 1. The Kier molecular flexibility index (Phi) is 5.44. The summed E-state index contributed by atoms with van der Waals surface area (Å²) >= 11 is 5.16. The first-order chi connectivity index (χ1) is 10.5. The van der Waals surface area contributed by atoms with E-state index in [2.05, 4.69) is 16.7 Å². The Labute approximate surface area is 136 Å². The molecule has 0 fully saturated rings. The lowest BCUT2D eigenvalue weighted by Gasteiger charge is -2.11. The van der Waals surface area contributed by atoms with Crippen molar-refractivity contribution in [2.75, 3.05) is 5.32 Å². The molecule has 0 aromatic heterocycles. The molecule has 1 amide bonds. The molecule has 22 heavy (non-hydrogen) atoms. The van der Waals surface area contributed by atoms with E-state index in [4.69, 9.17) is 12.2 Å². The first-order valence-corrected chi connectivity index (χ1v) is 7.38. The molecule has 4 heteroatoms. The van der Waals surface area contributed by atoms with Gasteiger partial charge in [-0.15, -0.1) is 0 Å². The number of rotatable bonds is 3. The Balaban J connectivity index is 1.91. The normalized spacial score (nSPS) is 10.5. The van der Waals surface area contributed by atoms with Gasteiger partial charge in [0.05, 0.1) is 0 Å². The van der Waals surface area contributed by atoms with Crippen molar-refractivity contribution < 1.29 is 4.79 Å². The maximum atomic E-state index is 11.8. The van der Waals surface area contributed by atoms with Crippen LogP contribution in [0.15, 0.2) is 54.6 Å². The minimum atomic E-state index is -0.258. The Morgan fingerprint density at radius 3 is 2.50 bits per heavy atom. The van der Waals surface area contributed by atoms with Crippen molar-refractivity contribution in [2.24, 2.45) is 0 Å². The van der Waals surface area contributed by atoms with Gasteiger partial charge in [0.25, 0.3) is 0 Å². The summed E-state index contributed by atoms with van der Waals surface area (Å²) in [7, 11) is 0. The number of thiocarbonyl (C=S) groups is 1. The number of carbonyl (C=O) groups is 1. The van der Waals surface area contributed by atoms with Crippen LogP contribution in [0, 0.1) is 13.8 Å². The molecule has 2 rings (SSSR count). The lowest BCUT2D eigenvalue weighted by molar-refractivity contribution is -0.115. The minimum Gasteiger partial charge on any atom is -0.332 e. The van der Waals surface area contributed by atoms with Crippen molar-refractivity contribution >= 4 is 35.0 Å². The number of benzene rings is 2. The van der Waals surface area contributed by atoms with Gasteiger partial charge in [0, 0.05) is 11.8 Å². The summed E-state index contributed by atoms with van der Waals surface area (Å²) in [5, 5.41) is 5.95. The van der Waals surface area contributed by atoms with Gasteiger partial charge in [-0.25, -0.2) is 0 Å². The third-order valence-electron chi connectivity index (χ3n) is 3.09. The summed E-state index contributed by atoms with van der Waals surface area (Å²) < 4.78 is 0. The highest BCUT2D eigenvalue weighted by atomic mass is 32.1. The highest BCUT2D eigenvalue weighted by Crippen LogP contribution is 2.15. The minimum absolute atomic E-state index is 0.258. The molecule has 0 atom stereocenters. The maximum absolute atomic E-state index is 11.8. The zero-order valence-corrected chi connectivity index (χ0v) is 13.4. The second-order valence-electron chi connectivity index (χ2n) is 5.01. The quantitative estimate of drug-likeness (QED) is 0.669. The van der Waals surface area contributed by atoms with E-state index in [-0.39, 0.29) is 11.0 Å². The lowest BCUT2D eigenvalue weighted by atomic mass is 10.1. The fourth-order valence-corrected chi connectivity index (χ4v) is 2.21. The van der Waals surface area contributed by atoms with Gasteiger partial charge >= 0.3 is 0 Å². The molecule has 0 aliphatic heterocycles. The third kappa shape index (κ3) is 4.82. The molecule has 112 valence electrons. The van der Waals surface area contributed by atoms with Gasteiger partial charge in [-0.05, 0) is 49.3 Å². The van der Waals surface area contributed by atoms with E-state index in [1.54, 1.807) is 6.08 Å². The molecular formula is C18H18N2OS. The maximum Gasteiger partial charge on any atom is 0.250 e. The topological polar surface area (TPSA) is 41.1 Å². The highest BCUT2D eigenvalue weighted by molar-refractivity contribution is 7.80. The van der Waals surface area contributed by atoms with E-state index < -0.39 is 0 Å². The van der Waals surface area contributed by atoms with Gasteiger partial charge in [0.15, 0.2) is 5.11 Å². The Bertz CT molecular complexity index is 708. The first-order valence-electron chi connectivity index (χ1n) is 6.97. The molecule has 0 unspecified atom stereocenters. The van der Waals surface area contributed by atoms with E-state index in [0.717, 1.165) is 16.8 Å². The average molecular weight is 310 g/mol. The van der Waals surface area contributed by atoms with Crippen molar-refractivity contribution in [3.8, 4) is 0 Å². The van der Waals surface area contributed by atoms with E-state index >= 15 is 0 Å². The lowest BCUT2D eigenvalue weighted by Crippen LogP contribution is -2.33. The summed E-state index contributed by atoms with van der Waals surface area (Å²) in [4.78, 5) is 11.8. The van der Waals surface area contributed by atoms with Crippen LogP contribution in [-0.4, -0.2) is 11.0 Å². The molecule has 0 bridgehead atoms. The number of hydrogen-bond donors (Lipinski definition) is 2. The van der Waals surface area contributed by atoms with Gasteiger partial charge in [-0.2, -0.15) is 0 Å². The molecule has 3 nitrogen and oxygen atoms in total. The Hall–Kier alpha value is -2.46. The van der Waals surface area contributed by atoms with Gasteiger partial charge in [-0.1, -0.05) is 48.0 Å². The van der Waals surface area contributed by atoms with Crippen molar-refractivity contribution in [3.05, 3.63) is 71.3 Å². The van der Waals surface area contributed by atoms with Crippen molar-refractivity contribution in [3.63, 3.8) is 0 Å². The fraction of sp³-hybridized carbons (Fsp3) is 0.111. The molecule has 0 spiro atoms. The third-order valence-corrected chi connectivity index (χ3v) is 3.30. The number of carbonyl (C=O) groups excluding carboxylic acids is 1. The Morgan fingerprint density at radius 2 is 1.82 bits per heavy atom. The molecule has 0 saturated heterocycles. The second kappa shape index (κ2) is 7.52. The summed E-state index contributed by atoms with van der Waals surface area (Å²) in [6.07, 6.45) is 3.21. The molecule has 2 aromatic rings. The van der Waals surface area contributed by atoms with E-state index in [1.807, 2.05) is 56.3 Å². The summed E-state index contributed by atoms with van der Waals surface area (Å²) in [6.45, 7) is 4.03. The van der Waals surface area contributed by atoms with Crippen LogP contribution < -0.4 is 10.6 Å². The molecule has 0 aliphatic carbocycles. The molecular weight excluding hydrogens is 292 g/mol. The number of hydrogen-bond acceptors (Lipinski definition) is 2. The fourth-order valence-electron chi connectivity index (χ4n) is 2.00. The van der Waals surface area contributed by atoms with Crippen LogP contribution in [0.2, 0.25) is 0 Å². The predicted octanol–water partition coefficient (Wildman–Crippen LogP) is 3.83. The van der Waals surface area contributed by atoms with Crippen molar-refractivity contribution in [1.29, 1.82) is 0 Å². The first kappa shape index (κ1) is 15.9. The zero-order valence-electron chi connectivity index (χ0n) is 12.6. The van der Waals surface area contributed by atoms with Crippen LogP contribution in [0.3, 0.4) is 0 Å². The van der Waals surface area contributed by atoms with Crippen LogP contribution in [0.1, 0.15) is 16.7 Å². The highest BCUT2D eigenvalue weighted by Gasteiger charge is 2.03. The monoisotopic (exact) mass is 310 g/mol. The van der Waals surface area contributed by atoms with E-state index in [1.165, 1.54) is 11.6 Å². The smallest absolute Gasteiger partial charge is 0.250 e. The van der Waals surface area contributed by atoms with Crippen LogP contribution >= 0.6 is 12.2 Å². The van der Waals surface area contributed by atoms with Crippen molar-refractivity contribution in [2.45, 2.75) is 13.8 Å². The molecule has 0 aliphatic rings. The standard InChI is InChI=1S/C18H18N2OS/c1-13-8-10-16(14(2)12-13)19-18(22)20-17(21)11-9-15-6-4-3-5-7-15/h3-12H,1-2H3,(H2,19,20,21,22). The largest absolute Gasteiger partial charge is 0.332 e. The van der Waals surface area contributed by atoms with E-state index in [0.29, 0.717) is 0 Å². The van der Waals surface area contributed by atoms with Crippen LogP contribution in [0.4, 0.5) is 5.69 Å². The molecule has 0 saturated carbocycles. The number of amides is 1. The zero-order chi connectivity index (χ0) is 15.9. The molecule has 2 N–H and O–H groups in total. The second-order valence-corrected chi connectivity index (χ2v) is 5.41. The van der Waals surface area contributed by atoms with Gasteiger partial charge in [0.1, 0.15) is 0 Å². The van der Waals surface area contributed by atoms with E-state index in [9.17, 15) is 4.79 Å². The predicted molar refractivity (Wildman–Crippen MR) is 95.8 cm³/mol. The summed E-state index contributed by atoms with van der Waals surface area (Å²) in [5.41, 5.74) is 4.12. The summed E-state index contributed by atoms with van der Waals surface area (Å²) in [5.74, 6) is -0.258. The summed E-state index contributed by atoms with van der Waals surface area (Å²) in [6, 6.07) is 15.6. The number of nitrogens with one attached hydrogen (secondary N) is 2. The molecule has 0 heterocycles. The van der Waals surface area contributed by atoms with Crippen molar-refractivity contribution in [1.82, 2.24) is 5.32 Å².